The van der Waals surface area contributed by atoms with Crippen molar-refractivity contribution < 1.29 is 4.42 Å². The number of hydrogen-bond acceptors (Lipinski definition) is 2. The Balaban J connectivity index is 1.85. The maximum absolute atomic E-state index is 5.69. The highest BCUT2D eigenvalue weighted by Crippen LogP contribution is 2.39. The Bertz CT molecular complexity index is 506. The van der Waals surface area contributed by atoms with Gasteiger partial charge in [-0.05, 0) is 17.5 Å². The third-order valence-electron chi connectivity index (χ3n) is 3.08. The molecule has 1 unspecified atom stereocenters. The molecule has 0 saturated carbocycles. The summed E-state index contributed by atoms with van der Waals surface area (Å²) in [5.41, 5.74) is 2.79. The van der Waals surface area contributed by atoms with Crippen LogP contribution in [-0.2, 0) is 12.8 Å². The van der Waals surface area contributed by atoms with Crippen LogP contribution in [0.25, 0.3) is 0 Å². The average Bonchev–Trinajstić information content (AvgIpc) is 2.69. The predicted octanol–water partition coefficient (Wildman–Crippen LogP) is 3.14. The van der Waals surface area contributed by atoms with Gasteiger partial charge in [-0.3, -0.25) is 0 Å². The Hall–Kier alpha value is -1.28. The largest absolute Gasteiger partial charge is 0.445 e. The highest BCUT2D eigenvalue weighted by molar-refractivity contribution is 6.17. The SMILES string of the molecule is ClCCc1ncc(C2Cc3ccccc32)o1. The van der Waals surface area contributed by atoms with E-state index in [9.17, 15) is 0 Å². The number of nitrogens with zero attached hydrogens (tertiary/aromatic N) is 1. The zero-order valence-corrected chi connectivity index (χ0v) is 9.57. The topological polar surface area (TPSA) is 26.0 Å². The van der Waals surface area contributed by atoms with E-state index in [1.807, 2.05) is 6.20 Å². The monoisotopic (exact) mass is 233 g/mol. The highest BCUT2D eigenvalue weighted by Gasteiger charge is 2.29. The number of hydrogen-bond donors (Lipinski definition) is 0. The molecule has 0 radical (unpaired) electrons. The first kappa shape index (κ1) is 9.91. The van der Waals surface area contributed by atoms with Crippen LogP contribution in [0.1, 0.15) is 28.7 Å². The second-order valence-corrected chi connectivity index (χ2v) is 4.43. The van der Waals surface area contributed by atoms with Gasteiger partial charge in [-0.2, -0.15) is 0 Å². The van der Waals surface area contributed by atoms with Crippen molar-refractivity contribution in [1.29, 1.82) is 0 Å². The first-order chi connectivity index (χ1) is 7.88. The van der Waals surface area contributed by atoms with Crippen LogP contribution in [0, 0.1) is 0 Å². The zero-order chi connectivity index (χ0) is 11.0. The Kier molecular flexibility index (Phi) is 2.44. The van der Waals surface area contributed by atoms with Gasteiger partial charge in [0.05, 0.1) is 6.20 Å². The Morgan fingerprint density at radius 3 is 3.06 bits per heavy atom. The van der Waals surface area contributed by atoms with E-state index in [4.69, 9.17) is 16.0 Å². The molecule has 16 heavy (non-hydrogen) atoms. The standard InChI is InChI=1S/C13H12ClNO/c14-6-5-13-15-8-12(16-13)11-7-9-3-1-2-4-10(9)11/h1-4,8,11H,5-7H2. The average molecular weight is 234 g/mol. The summed E-state index contributed by atoms with van der Waals surface area (Å²) in [6, 6.07) is 8.48. The minimum atomic E-state index is 0.396. The van der Waals surface area contributed by atoms with Crippen molar-refractivity contribution >= 4 is 11.6 Å². The molecule has 1 aromatic carbocycles. The van der Waals surface area contributed by atoms with Gasteiger partial charge in [-0.25, -0.2) is 4.98 Å². The molecule has 0 amide bonds. The minimum absolute atomic E-state index is 0.396. The minimum Gasteiger partial charge on any atom is -0.445 e. The highest BCUT2D eigenvalue weighted by atomic mass is 35.5. The van der Waals surface area contributed by atoms with E-state index in [0.29, 0.717) is 18.2 Å². The number of halogens is 1. The summed E-state index contributed by atoms with van der Waals surface area (Å²) in [6.45, 7) is 0. The van der Waals surface area contributed by atoms with E-state index in [0.717, 1.165) is 18.1 Å². The molecule has 0 fully saturated rings. The molecule has 0 aliphatic heterocycles. The second-order valence-electron chi connectivity index (χ2n) is 4.05. The predicted molar refractivity (Wildman–Crippen MR) is 62.9 cm³/mol. The first-order valence-electron chi connectivity index (χ1n) is 5.47. The lowest BCUT2D eigenvalue weighted by molar-refractivity contribution is 0.430. The molecule has 82 valence electrons. The number of aryl methyl sites for hydroxylation is 1. The van der Waals surface area contributed by atoms with Crippen LogP contribution in [-0.4, -0.2) is 10.9 Å². The van der Waals surface area contributed by atoms with Crippen LogP contribution < -0.4 is 0 Å². The van der Waals surface area contributed by atoms with Crippen molar-refractivity contribution in [2.75, 3.05) is 5.88 Å². The fourth-order valence-electron chi connectivity index (χ4n) is 2.19. The molecule has 3 rings (SSSR count). The van der Waals surface area contributed by atoms with Crippen LogP contribution in [0.5, 0.6) is 0 Å². The number of oxazole rings is 1. The molecule has 0 N–H and O–H groups in total. The van der Waals surface area contributed by atoms with Crippen LogP contribution in [0.15, 0.2) is 34.9 Å². The molecule has 2 aromatic rings. The second kappa shape index (κ2) is 3.95. The maximum atomic E-state index is 5.69. The van der Waals surface area contributed by atoms with Crippen molar-refractivity contribution in [3.63, 3.8) is 0 Å². The van der Waals surface area contributed by atoms with E-state index in [1.165, 1.54) is 11.1 Å². The van der Waals surface area contributed by atoms with E-state index in [1.54, 1.807) is 0 Å². The maximum Gasteiger partial charge on any atom is 0.195 e. The van der Waals surface area contributed by atoms with E-state index < -0.39 is 0 Å². The third kappa shape index (κ3) is 1.54. The van der Waals surface area contributed by atoms with Gasteiger partial charge in [0.25, 0.3) is 0 Å². The van der Waals surface area contributed by atoms with Crippen LogP contribution in [0.2, 0.25) is 0 Å². The summed E-state index contributed by atoms with van der Waals surface area (Å²) < 4.78 is 5.69. The molecule has 3 heteroatoms. The van der Waals surface area contributed by atoms with Gasteiger partial charge in [0.1, 0.15) is 5.76 Å². The van der Waals surface area contributed by atoms with Gasteiger partial charge >= 0.3 is 0 Å². The van der Waals surface area contributed by atoms with Gasteiger partial charge in [-0.15, -0.1) is 11.6 Å². The van der Waals surface area contributed by atoms with Crippen molar-refractivity contribution in [1.82, 2.24) is 4.98 Å². The lowest BCUT2D eigenvalue weighted by Gasteiger charge is -2.27. The van der Waals surface area contributed by atoms with Crippen LogP contribution in [0.4, 0.5) is 0 Å². The molecule has 1 atom stereocenters. The molecule has 1 aromatic heterocycles. The van der Waals surface area contributed by atoms with E-state index in [2.05, 4.69) is 29.2 Å². The number of aromatic nitrogens is 1. The van der Waals surface area contributed by atoms with Crippen molar-refractivity contribution in [2.24, 2.45) is 0 Å². The first-order valence-corrected chi connectivity index (χ1v) is 6.00. The molecule has 0 bridgehead atoms. The zero-order valence-electron chi connectivity index (χ0n) is 8.82. The van der Waals surface area contributed by atoms with Gasteiger partial charge in [0.2, 0.25) is 0 Å². The van der Waals surface area contributed by atoms with E-state index >= 15 is 0 Å². The fourth-order valence-corrected chi connectivity index (χ4v) is 2.36. The molecular weight excluding hydrogens is 222 g/mol. The Morgan fingerprint density at radius 1 is 1.38 bits per heavy atom. The molecule has 0 spiro atoms. The molecule has 0 saturated heterocycles. The van der Waals surface area contributed by atoms with Gasteiger partial charge < -0.3 is 4.42 Å². The lowest BCUT2D eigenvalue weighted by atomic mass is 9.76. The molecule has 1 heterocycles. The summed E-state index contributed by atoms with van der Waals surface area (Å²) in [5.74, 6) is 2.67. The summed E-state index contributed by atoms with van der Waals surface area (Å²) in [6.07, 6.45) is 3.60. The smallest absolute Gasteiger partial charge is 0.195 e. The van der Waals surface area contributed by atoms with Gasteiger partial charge in [0, 0.05) is 18.2 Å². The summed E-state index contributed by atoms with van der Waals surface area (Å²) in [7, 11) is 0. The molecule has 2 nitrogen and oxygen atoms in total. The fraction of sp³-hybridized carbons (Fsp3) is 0.308. The van der Waals surface area contributed by atoms with Crippen molar-refractivity contribution in [2.45, 2.75) is 18.8 Å². The number of benzene rings is 1. The van der Waals surface area contributed by atoms with Crippen LogP contribution in [0.3, 0.4) is 0 Å². The van der Waals surface area contributed by atoms with E-state index in [-0.39, 0.29) is 0 Å². The van der Waals surface area contributed by atoms with Crippen molar-refractivity contribution in [3.8, 4) is 0 Å². The molecule has 1 aliphatic rings. The molecule has 1 aliphatic carbocycles. The van der Waals surface area contributed by atoms with Crippen molar-refractivity contribution in [3.05, 3.63) is 53.2 Å². The van der Waals surface area contributed by atoms with Gasteiger partial charge in [0.15, 0.2) is 5.89 Å². The Morgan fingerprint density at radius 2 is 2.25 bits per heavy atom. The van der Waals surface area contributed by atoms with Crippen LogP contribution >= 0.6 is 11.6 Å². The number of alkyl halides is 1. The quantitative estimate of drug-likeness (QED) is 0.762. The Labute approximate surface area is 99.3 Å². The normalized spacial score (nSPS) is 17.9. The van der Waals surface area contributed by atoms with Gasteiger partial charge in [-0.1, -0.05) is 24.3 Å². The lowest BCUT2D eigenvalue weighted by Crippen LogP contribution is -2.17. The summed E-state index contributed by atoms with van der Waals surface area (Å²) in [4.78, 5) is 4.23. The number of fused-ring (bicyclic) bond motifs is 1. The summed E-state index contributed by atoms with van der Waals surface area (Å²) in [5, 5.41) is 0. The summed E-state index contributed by atoms with van der Waals surface area (Å²) >= 11 is 5.65. The molecular formula is C13H12ClNO. The third-order valence-corrected chi connectivity index (χ3v) is 3.27. The number of rotatable bonds is 3.